The van der Waals surface area contributed by atoms with Crippen LogP contribution < -0.4 is 10.1 Å². The molecule has 0 bridgehead atoms. The van der Waals surface area contributed by atoms with Crippen LogP contribution in [0.3, 0.4) is 0 Å². The zero-order chi connectivity index (χ0) is 23.1. The molecule has 32 heavy (non-hydrogen) atoms. The molecule has 2 heterocycles. The number of carbonyl (C=O) groups excluding carboxylic acids is 2. The van der Waals surface area contributed by atoms with Gasteiger partial charge in [-0.25, -0.2) is 9.97 Å². The Bertz CT molecular complexity index is 1050. The average Bonchev–Trinajstić information content (AvgIpc) is 3.40. The maximum absolute atomic E-state index is 12.3. The number of aromatic nitrogens is 2. The van der Waals surface area contributed by atoms with Gasteiger partial charge in [0.25, 0.3) is 0 Å². The number of oxazole rings is 1. The van der Waals surface area contributed by atoms with Crippen LogP contribution in [0, 0.1) is 0 Å². The van der Waals surface area contributed by atoms with Gasteiger partial charge in [-0.1, -0.05) is 32.1 Å². The van der Waals surface area contributed by atoms with Crippen molar-refractivity contribution >= 4 is 39.9 Å². The van der Waals surface area contributed by atoms with Crippen LogP contribution in [0.4, 0.5) is 5.13 Å². The van der Waals surface area contributed by atoms with Gasteiger partial charge in [0.2, 0.25) is 11.8 Å². The maximum atomic E-state index is 12.3. The summed E-state index contributed by atoms with van der Waals surface area (Å²) in [5.74, 6) is 2.49. The lowest BCUT2D eigenvalue weighted by molar-refractivity contribution is -0.116. The van der Waals surface area contributed by atoms with Crippen molar-refractivity contribution in [1.29, 1.82) is 0 Å². The van der Waals surface area contributed by atoms with Crippen LogP contribution in [-0.4, -0.2) is 28.3 Å². The van der Waals surface area contributed by atoms with E-state index in [4.69, 9.17) is 9.15 Å². The topological polar surface area (TPSA) is 94.3 Å². The first-order valence-corrected chi connectivity index (χ1v) is 12.1. The molecule has 0 aliphatic carbocycles. The number of benzene rings is 1. The highest BCUT2D eigenvalue weighted by molar-refractivity contribution is 8.00. The normalized spacial score (nSPS) is 11.4. The smallest absolute Gasteiger partial charge is 0.226 e. The monoisotopic (exact) mass is 473 g/mol. The van der Waals surface area contributed by atoms with Gasteiger partial charge in [0, 0.05) is 23.8 Å². The van der Waals surface area contributed by atoms with E-state index in [0.29, 0.717) is 28.9 Å². The fraction of sp³-hybridized carbons (Fsp3) is 0.391. The van der Waals surface area contributed by atoms with Gasteiger partial charge < -0.3 is 14.5 Å². The van der Waals surface area contributed by atoms with Gasteiger partial charge in [-0.05, 0) is 31.2 Å². The van der Waals surface area contributed by atoms with Crippen molar-refractivity contribution < 1.29 is 18.7 Å². The van der Waals surface area contributed by atoms with E-state index in [1.54, 1.807) is 48.4 Å². The van der Waals surface area contributed by atoms with E-state index in [9.17, 15) is 9.59 Å². The van der Waals surface area contributed by atoms with Gasteiger partial charge in [0.1, 0.15) is 11.5 Å². The standard InChI is InChI=1S/C23H27N3O4S2/c1-5-29-16-8-6-15(7-9-16)17(27)10-11-19(28)26-22-25-13-21(32-22)31-14-20-24-12-18(30-20)23(2,3)4/h6-9,12-13H,5,10-11,14H2,1-4H3,(H,25,26,28). The molecular formula is C23H27N3O4S2. The van der Waals surface area contributed by atoms with Gasteiger partial charge >= 0.3 is 0 Å². The summed E-state index contributed by atoms with van der Waals surface area (Å²) in [5.41, 5.74) is 0.488. The Balaban J connectivity index is 1.44. The fourth-order valence-corrected chi connectivity index (χ4v) is 4.44. The number of ether oxygens (including phenoxy) is 1. The Morgan fingerprint density at radius 3 is 2.53 bits per heavy atom. The lowest BCUT2D eigenvalue weighted by atomic mass is 9.94. The second-order valence-corrected chi connectivity index (χ2v) is 10.4. The van der Waals surface area contributed by atoms with Crippen LogP contribution in [0.2, 0.25) is 0 Å². The third-order valence-corrected chi connectivity index (χ3v) is 6.52. The quantitative estimate of drug-likeness (QED) is 0.297. The zero-order valence-electron chi connectivity index (χ0n) is 18.6. The molecule has 1 aromatic carbocycles. The third kappa shape index (κ3) is 6.93. The van der Waals surface area contributed by atoms with Crippen LogP contribution >= 0.6 is 23.1 Å². The molecule has 0 aliphatic rings. The van der Waals surface area contributed by atoms with Crippen molar-refractivity contribution in [3.63, 3.8) is 0 Å². The van der Waals surface area contributed by atoms with Crippen molar-refractivity contribution in [2.45, 2.75) is 55.9 Å². The van der Waals surface area contributed by atoms with Crippen molar-refractivity contribution in [3.8, 4) is 5.75 Å². The molecule has 3 rings (SSSR count). The largest absolute Gasteiger partial charge is 0.494 e. The van der Waals surface area contributed by atoms with Crippen molar-refractivity contribution in [2.24, 2.45) is 0 Å². The van der Waals surface area contributed by atoms with E-state index in [0.717, 1.165) is 15.7 Å². The number of thioether (sulfide) groups is 1. The van der Waals surface area contributed by atoms with Gasteiger partial charge in [-0.3, -0.25) is 9.59 Å². The van der Waals surface area contributed by atoms with Crippen LogP contribution in [0.1, 0.15) is 62.5 Å². The first kappa shape index (κ1) is 24.0. The summed E-state index contributed by atoms with van der Waals surface area (Å²) in [5, 5.41) is 3.27. The molecular weight excluding hydrogens is 446 g/mol. The molecule has 2 aromatic heterocycles. The Hall–Kier alpha value is -2.65. The molecule has 1 N–H and O–H groups in total. The molecule has 0 saturated heterocycles. The number of thiazole rings is 1. The minimum absolute atomic E-state index is 0.0772. The summed E-state index contributed by atoms with van der Waals surface area (Å²) in [4.78, 5) is 33.1. The van der Waals surface area contributed by atoms with Crippen molar-refractivity contribution in [1.82, 2.24) is 9.97 Å². The Morgan fingerprint density at radius 1 is 1.12 bits per heavy atom. The van der Waals surface area contributed by atoms with Gasteiger partial charge in [-0.15, -0.1) is 11.8 Å². The lowest BCUT2D eigenvalue weighted by Crippen LogP contribution is -2.13. The van der Waals surface area contributed by atoms with Crippen molar-refractivity contribution in [3.05, 3.63) is 53.9 Å². The molecule has 0 unspecified atom stereocenters. The molecule has 7 nitrogen and oxygen atoms in total. The summed E-state index contributed by atoms with van der Waals surface area (Å²) in [6.07, 6.45) is 3.71. The zero-order valence-corrected chi connectivity index (χ0v) is 20.3. The number of nitrogens with one attached hydrogen (secondary N) is 1. The number of Topliss-reactive ketones (excluding diaryl/α,β-unsaturated/α-hetero) is 1. The molecule has 0 aliphatic heterocycles. The van der Waals surface area contributed by atoms with Gasteiger partial charge in [0.05, 0.1) is 29.0 Å². The van der Waals surface area contributed by atoms with E-state index in [-0.39, 0.29) is 29.9 Å². The lowest BCUT2D eigenvalue weighted by Gasteiger charge is -2.12. The number of anilines is 1. The maximum Gasteiger partial charge on any atom is 0.226 e. The summed E-state index contributed by atoms with van der Waals surface area (Å²) >= 11 is 2.93. The van der Waals surface area contributed by atoms with E-state index in [1.807, 2.05) is 6.92 Å². The van der Waals surface area contributed by atoms with Crippen LogP contribution in [0.25, 0.3) is 0 Å². The van der Waals surface area contributed by atoms with Gasteiger partial charge in [0.15, 0.2) is 10.9 Å². The fourth-order valence-electron chi connectivity index (χ4n) is 2.70. The summed E-state index contributed by atoms with van der Waals surface area (Å²) in [7, 11) is 0. The summed E-state index contributed by atoms with van der Waals surface area (Å²) in [6.45, 7) is 8.71. The highest BCUT2D eigenvalue weighted by atomic mass is 32.2. The molecule has 1 amide bonds. The van der Waals surface area contributed by atoms with E-state index in [1.165, 1.54) is 11.3 Å². The Labute approximate surface area is 196 Å². The SMILES string of the molecule is CCOc1ccc(C(=O)CCC(=O)Nc2ncc(SCc3ncc(C(C)(C)C)o3)s2)cc1. The molecule has 170 valence electrons. The number of ketones is 1. The number of nitrogens with zero attached hydrogens (tertiary/aromatic N) is 2. The minimum atomic E-state index is -0.238. The number of hydrogen-bond donors (Lipinski definition) is 1. The number of carbonyl (C=O) groups is 2. The minimum Gasteiger partial charge on any atom is -0.494 e. The first-order valence-electron chi connectivity index (χ1n) is 10.3. The molecule has 9 heteroatoms. The summed E-state index contributed by atoms with van der Waals surface area (Å²) < 4.78 is 12.1. The molecule has 0 saturated carbocycles. The van der Waals surface area contributed by atoms with E-state index in [2.05, 4.69) is 36.1 Å². The molecule has 0 fully saturated rings. The number of hydrogen-bond acceptors (Lipinski definition) is 8. The first-order chi connectivity index (χ1) is 15.2. The van der Waals surface area contributed by atoms with Crippen LogP contribution in [-0.2, 0) is 16.0 Å². The predicted octanol–water partition coefficient (Wildman–Crippen LogP) is 5.72. The molecule has 3 aromatic rings. The number of rotatable bonds is 10. The molecule has 0 radical (unpaired) electrons. The molecule has 0 atom stereocenters. The van der Waals surface area contributed by atoms with Gasteiger partial charge in [-0.2, -0.15) is 0 Å². The highest BCUT2D eigenvalue weighted by Crippen LogP contribution is 2.31. The second-order valence-electron chi connectivity index (χ2n) is 8.07. The van der Waals surface area contributed by atoms with Crippen LogP contribution in [0.15, 0.2) is 45.3 Å². The van der Waals surface area contributed by atoms with E-state index < -0.39 is 0 Å². The summed E-state index contributed by atoms with van der Waals surface area (Å²) in [6, 6.07) is 6.95. The predicted molar refractivity (Wildman–Crippen MR) is 127 cm³/mol. The second kappa shape index (κ2) is 10.8. The average molecular weight is 474 g/mol. The highest BCUT2D eigenvalue weighted by Gasteiger charge is 2.19. The molecule has 0 spiro atoms. The number of amides is 1. The Kier molecular flexibility index (Phi) is 8.09. The Morgan fingerprint density at radius 2 is 1.88 bits per heavy atom. The van der Waals surface area contributed by atoms with E-state index >= 15 is 0 Å². The van der Waals surface area contributed by atoms with Crippen LogP contribution in [0.5, 0.6) is 5.75 Å². The van der Waals surface area contributed by atoms with Crippen molar-refractivity contribution in [2.75, 3.05) is 11.9 Å². The third-order valence-electron chi connectivity index (χ3n) is 4.43.